The van der Waals surface area contributed by atoms with E-state index in [2.05, 4.69) is 20.4 Å². The Morgan fingerprint density at radius 1 is 0.917 bits per heavy atom. The summed E-state index contributed by atoms with van der Waals surface area (Å²) in [4.78, 5) is 0. The predicted molar refractivity (Wildman–Crippen MR) is 46.0 cm³/mol. The molecule has 0 saturated heterocycles. The van der Waals surface area contributed by atoms with Gasteiger partial charge in [-0.1, -0.05) is 0 Å². The molecule has 0 fully saturated rings. The summed E-state index contributed by atoms with van der Waals surface area (Å²) < 4.78 is 0. The lowest BCUT2D eigenvalue weighted by atomic mass is 10.7. The van der Waals surface area contributed by atoms with E-state index >= 15 is 0 Å². The van der Waals surface area contributed by atoms with Gasteiger partial charge in [-0.25, -0.2) is 0 Å². The van der Waals surface area contributed by atoms with Gasteiger partial charge in [-0.15, -0.1) is 0 Å². The van der Waals surface area contributed by atoms with E-state index in [0.717, 1.165) is 0 Å². The van der Waals surface area contributed by atoms with Crippen LogP contribution in [0.4, 0.5) is 11.6 Å². The van der Waals surface area contributed by atoms with Gasteiger partial charge in [0, 0.05) is 0 Å². The van der Waals surface area contributed by atoms with Crippen LogP contribution in [0.2, 0.25) is 0 Å². The van der Waals surface area contributed by atoms with Gasteiger partial charge in [0.2, 0.25) is 0 Å². The van der Waals surface area contributed by atoms with Crippen LogP contribution in [0.3, 0.4) is 0 Å². The van der Waals surface area contributed by atoms with E-state index in [4.69, 9.17) is 11.5 Å². The minimum Gasteiger partial charge on any atom is -0.384 e. The molecule has 0 aromatic carbocycles. The molecule has 0 radical (unpaired) electrons. The molecule has 0 bridgehead atoms. The minimum atomic E-state index is 0.606. The van der Waals surface area contributed by atoms with Crippen molar-refractivity contribution in [2.45, 2.75) is 0 Å². The summed E-state index contributed by atoms with van der Waals surface area (Å²) in [5, 5.41) is 12.2. The summed E-state index contributed by atoms with van der Waals surface area (Å²) in [6, 6.07) is 3.39. The summed E-state index contributed by atoms with van der Waals surface area (Å²) in [5.74, 6) is 1.21. The van der Waals surface area contributed by atoms with Crippen molar-refractivity contribution in [3.05, 3.63) is 24.5 Å². The quantitative estimate of drug-likeness (QED) is 0.441. The number of hydrogen-bond donors (Lipinski definition) is 4. The van der Waals surface area contributed by atoms with Crippen LogP contribution in [0.5, 0.6) is 0 Å². The molecule has 6 heteroatoms. The number of H-pyrrole nitrogens is 2. The summed E-state index contributed by atoms with van der Waals surface area (Å²) >= 11 is 0. The number of nitrogens with one attached hydrogen (secondary N) is 2. The zero-order valence-electron chi connectivity index (χ0n) is 6.36. The largest absolute Gasteiger partial charge is 0.384 e. The minimum absolute atomic E-state index is 0.606. The maximum Gasteiger partial charge on any atom is 0.118 e. The van der Waals surface area contributed by atoms with Crippen molar-refractivity contribution >= 4 is 11.6 Å². The molecule has 0 amide bonds. The number of anilines is 2. The highest BCUT2D eigenvalue weighted by molar-refractivity contribution is 5.23. The van der Waals surface area contributed by atoms with Crippen molar-refractivity contribution in [3.8, 4) is 0 Å². The molecule has 2 rings (SSSR count). The molecule has 2 aromatic heterocycles. The van der Waals surface area contributed by atoms with Crippen LogP contribution < -0.4 is 11.5 Å². The van der Waals surface area contributed by atoms with Gasteiger partial charge in [0.15, 0.2) is 0 Å². The average molecular weight is 166 g/mol. The van der Waals surface area contributed by atoms with E-state index in [1.165, 1.54) is 0 Å². The molecule has 2 aromatic rings. The maximum atomic E-state index is 5.16. The first kappa shape index (κ1) is 8.12. The fourth-order valence-corrected chi connectivity index (χ4v) is 0.533. The van der Waals surface area contributed by atoms with E-state index in [1.807, 2.05) is 0 Å². The van der Waals surface area contributed by atoms with E-state index in [-0.39, 0.29) is 0 Å². The summed E-state index contributed by atoms with van der Waals surface area (Å²) in [6.07, 6.45) is 3.21. The first-order chi connectivity index (χ1) is 5.79. The van der Waals surface area contributed by atoms with E-state index in [9.17, 15) is 0 Å². The highest BCUT2D eigenvalue weighted by Crippen LogP contribution is 1.86. The van der Waals surface area contributed by atoms with Crippen molar-refractivity contribution in [2.75, 3.05) is 11.5 Å². The van der Waals surface area contributed by atoms with Crippen LogP contribution in [0, 0.1) is 0 Å². The Kier molecular flexibility index (Phi) is 2.72. The second-order valence-corrected chi connectivity index (χ2v) is 2.02. The SMILES string of the molecule is Nc1ccn[nH]1.Nc1ccn[nH]1. The molecule has 0 atom stereocenters. The molecule has 64 valence electrons. The number of hydrogen-bond acceptors (Lipinski definition) is 4. The highest BCUT2D eigenvalue weighted by atomic mass is 15.1. The van der Waals surface area contributed by atoms with Crippen molar-refractivity contribution in [2.24, 2.45) is 0 Å². The van der Waals surface area contributed by atoms with Gasteiger partial charge in [0.25, 0.3) is 0 Å². The third-order valence-corrected chi connectivity index (χ3v) is 1.04. The van der Waals surface area contributed by atoms with Crippen LogP contribution in [0.25, 0.3) is 0 Å². The molecular formula is C6H10N6. The second-order valence-electron chi connectivity index (χ2n) is 2.02. The summed E-state index contributed by atoms with van der Waals surface area (Å²) in [6.45, 7) is 0. The maximum absolute atomic E-state index is 5.16. The molecule has 0 saturated carbocycles. The molecular weight excluding hydrogens is 156 g/mol. The Hall–Kier alpha value is -1.98. The summed E-state index contributed by atoms with van der Waals surface area (Å²) in [7, 11) is 0. The van der Waals surface area contributed by atoms with Crippen LogP contribution in [-0.2, 0) is 0 Å². The topological polar surface area (TPSA) is 109 Å². The molecule has 6 N–H and O–H groups in total. The van der Waals surface area contributed by atoms with Crippen molar-refractivity contribution < 1.29 is 0 Å². The lowest BCUT2D eigenvalue weighted by Crippen LogP contribution is -1.81. The smallest absolute Gasteiger partial charge is 0.118 e. The number of nitrogen functional groups attached to an aromatic ring is 2. The molecule has 0 spiro atoms. The molecule has 12 heavy (non-hydrogen) atoms. The predicted octanol–water partition coefficient (Wildman–Crippen LogP) is -0.0162. The number of aromatic amines is 2. The number of aromatic nitrogens is 4. The molecule has 6 nitrogen and oxygen atoms in total. The Morgan fingerprint density at radius 2 is 1.33 bits per heavy atom. The standard InChI is InChI=1S/2C3H5N3/c2*4-3-1-2-5-6-3/h2*1-2H,(H3,4,5,6). The van der Waals surface area contributed by atoms with Crippen LogP contribution in [0.1, 0.15) is 0 Å². The van der Waals surface area contributed by atoms with E-state index in [1.54, 1.807) is 24.5 Å². The van der Waals surface area contributed by atoms with E-state index in [0.29, 0.717) is 11.6 Å². The molecule has 2 heterocycles. The Morgan fingerprint density at radius 3 is 1.42 bits per heavy atom. The molecule has 0 aliphatic heterocycles. The Labute approximate surface area is 69.0 Å². The zero-order chi connectivity index (χ0) is 8.81. The van der Waals surface area contributed by atoms with Gasteiger partial charge < -0.3 is 11.5 Å². The average Bonchev–Trinajstić information content (AvgIpc) is 2.63. The molecule has 0 unspecified atom stereocenters. The molecule has 0 aliphatic carbocycles. The fourth-order valence-electron chi connectivity index (χ4n) is 0.533. The van der Waals surface area contributed by atoms with Crippen LogP contribution in [0.15, 0.2) is 24.5 Å². The normalized spacial score (nSPS) is 8.67. The Bertz CT molecular complexity index is 251. The van der Waals surface area contributed by atoms with Gasteiger partial charge in [-0.05, 0) is 12.1 Å². The Balaban J connectivity index is 0.000000120. The van der Waals surface area contributed by atoms with Gasteiger partial charge in [0.05, 0.1) is 12.4 Å². The third-order valence-electron chi connectivity index (χ3n) is 1.04. The van der Waals surface area contributed by atoms with Crippen molar-refractivity contribution in [3.63, 3.8) is 0 Å². The zero-order valence-corrected chi connectivity index (χ0v) is 6.36. The van der Waals surface area contributed by atoms with Gasteiger partial charge in [-0.2, -0.15) is 10.2 Å². The molecule has 0 aliphatic rings. The lowest BCUT2D eigenvalue weighted by molar-refractivity contribution is 1.10. The van der Waals surface area contributed by atoms with Crippen molar-refractivity contribution in [1.82, 2.24) is 20.4 Å². The third kappa shape index (κ3) is 2.74. The van der Waals surface area contributed by atoms with Gasteiger partial charge in [-0.3, -0.25) is 10.2 Å². The second kappa shape index (κ2) is 4.02. The van der Waals surface area contributed by atoms with Gasteiger partial charge in [0.1, 0.15) is 11.6 Å². The lowest BCUT2D eigenvalue weighted by Gasteiger charge is -1.70. The van der Waals surface area contributed by atoms with Gasteiger partial charge >= 0.3 is 0 Å². The van der Waals surface area contributed by atoms with E-state index < -0.39 is 0 Å². The monoisotopic (exact) mass is 166 g/mol. The van der Waals surface area contributed by atoms with Crippen molar-refractivity contribution in [1.29, 1.82) is 0 Å². The highest BCUT2D eigenvalue weighted by Gasteiger charge is 1.74. The first-order valence-corrected chi connectivity index (χ1v) is 3.28. The number of rotatable bonds is 0. The van der Waals surface area contributed by atoms with Crippen LogP contribution >= 0.6 is 0 Å². The first-order valence-electron chi connectivity index (χ1n) is 3.28. The summed E-state index contributed by atoms with van der Waals surface area (Å²) in [5.41, 5.74) is 10.3. The van der Waals surface area contributed by atoms with Crippen LogP contribution in [-0.4, -0.2) is 20.4 Å². The number of nitrogens with zero attached hydrogens (tertiary/aromatic N) is 2. The number of nitrogens with two attached hydrogens (primary N) is 2. The fraction of sp³-hybridized carbons (Fsp3) is 0.